The van der Waals surface area contributed by atoms with Crippen molar-refractivity contribution in [2.75, 3.05) is 32.4 Å². The molecular formula is C14H23N3S. The first-order chi connectivity index (χ1) is 8.84. The van der Waals surface area contributed by atoms with Gasteiger partial charge >= 0.3 is 0 Å². The van der Waals surface area contributed by atoms with Crippen LogP contribution in [0.2, 0.25) is 0 Å². The lowest BCUT2D eigenvalue weighted by Crippen LogP contribution is -2.30. The summed E-state index contributed by atoms with van der Waals surface area (Å²) < 4.78 is 0. The van der Waals surface area contributed by atoms with Crippen molar-refractivity contribution in [3.8, 4) is 0 Å². The Kier molecular flexibility index (Phi) is 5.97. The molecule has 0 amide bonds. The van der Waals surface area contributed by atoms with Crippen LogP contribution in [0.1, 0.15) is 18.4 Å². The Morgan fingerprint density at radius 2 is 2.28 bits per heavy atom. The van der Waals surface area contributed by atoms with E-state index in [-0.39, 0.29) is 0 Å². The highest BCUT2D eigenvalue weighted by atomic mass is 32.2. The number of nitrogens with one attached hydrogen (secondary N) is 1. The maximum atomic E-state index is 4.15. The number of thioether (sulfide) groups is 1. The van der Waals surface area contributed by atoms with Gasteiger partial charge < -0.3 is 10.2 Å². The Hall–Kier alpha value is -0.580. The predicted molar refractivity (Wildman–Crippen MR) is 78.9 cm³/mol. The second-order valence-corrected chi connectivity index (χ2v) is 6.33. The van der Waals surface area contributed by atoms with E-state index in [1.54, 1.807) is 0 Å². The molecule has 0 unspecified atom stereocenters. The molecule has 3 nitrogen and oxygen atoms in total. The molecule has 4 heteroatoms. The molecule has 1 aromatic rings. The molecule has 0 saturated carbocycles. The molecular weight excluding hydrogens is 242 g/mol. The highest BCUT2D eigenvalue weighted by molar-refractivity contribution is 7.99. The molecule has 1 fully saturated rings. The monoisotopic (exact) mass is 265 g/mol. The van der Waals surface area contributed by atoms with Crippen LogP contribution < -0.4 is 5.32 Å². The number of aromatic nitrogens is 1. The molecule has 18 heavy (non-hydrogen) atoms. The summed E-state index contributed by atoms with van der Waals surface area (Å²) in [4.78, 5) is 6.53. The molecule has 1 saturated heterocycles. The average Bonchev–Trinajstić information content (AvgIpc) is 2.41. The van der Waals surface area contributed by atoms with E-state index in [0.29, 0.717) is 0 Å². The number of nitrogens with zero attached hydrogens (tertiary/aromatic N) is 2. The molecule has 2 rings (SSSR count). The summed E-state index contributed by atoms with van der Waals surface area (Å²) in [5.74, 6) is 1.24. The lowest BCUT2D eigenvalue weighted by molar-refractivity contribution is 0.348. The van der Waals surface area contributed by atoms with Gasteiger partial charge in [-0.15, -0.1) is 0 Å². The van der Waals surface area contributed by atoms with Gasteiger partial charge in [-0.3, -0.25) is 4.98 Å². The van der Waals surface area contributed by atoms with Crippen LogP contribution in [-0.2, 0) is 6.54 Å². The Labute approximate surface area is 114 Å². The number of piperidine rings is 1. The number of hydrogen-bond acceptors (Lipinski definition) is 4. The maximum Gasteiger partial charge on any atom is 0.0312 e. The quantitative estimate of drug-likeness (QED) is 0.851. The lowest BCUT2D eigenvalue weighted by Gasteiger charge is -2.23. The smallest absolute Gasteiger partial charge is 0.0312 e. The third-order valence-electron chi connectivity index (χ3n) is 3.29. The van der Waals surface area contributed by atoms with Crippen LogP contribution in [0.5, 0.6) is 0 Å². The number of pyridine rings is 1. The zero-order valence-electron chi connectivity index (χ0n) is 11.1. The minimum Gasteiger partial charge on any atom is -0.317 e. The topological polar surface area (TPSA) is 28.2 Å². The fraction of sp³-hybridized carbons (Fsp3) is 0.643. The van der Waals surface area contributed by atoms with Crippen molar-refractivity contribution < 1.29 is 0 Å². The van der Waals surface area contributed by atoms with Crippen LogP contribution in [0, 0.1) is 0 Å². The first-order valence-corrected chi connectivity index (χ1v) is 7.79. The van der Waals surface area contributed by atoms with E-state index in [4.69, 9.17) is 0 Å². The summed E-state index contributed by atoms with van der Waals surface area (Å²) in [6, 6.07) is 4.15. The normalized spacial score (nSPS) is 17.2. The van der Waals surface area contributed by atoms with Crippen molar-refractivity contribution in [3.63, 3.8) is 0 Å². The van der Waals surface area contributed by atoms with E-state index in [1.807, 2.05) is 18.5 Å². The van der Waals surface area contributed by atoms with Gasteiger partial charge in [0.05, 0.1) is 0 Å². The molecule has 0 atom stereocenters. The second-order valence-electron chi connectivity index (χ2n) is 4.92. The van der Waals surface area contributed by atoms with Crippen LogP contribution >= 0.6 is 11.8 Å². The fourth-order valence-corrected chi connectivity index (χ4v) is 3.54. The molecule has 1 N–H and O–H groups in total. The highest BCUT2D eigenvalue weighted by Crippen LogP contribution is 2.19. The first-order valence-electron chi connectivity index (χ1n) is 6.74. The SMILES string of the molecule is CN(CCSC1CCNCC1)Cc1cccnc1. The summed E-state index contributed by atoms with van der Waals surface area (Å²) in [5.41, 5.74) is 1.30. The van der Waals surface area contributed by atoms with Gasteiger partial charge in [0.2, 0.25) is 0 Å². The molecule has 2 heterocycles. The molecule has 0 bridgehead atoms. The summed E-state index contributed by atoms with van der Waals surface area (Å²) >= 11 is 2.14. The fourth-order valence-electron chi connectivity index (χ4n) is 2.22. The zero-order valence-corrected chi connectivity index (χ0v) is 12.0. The lowest BCUT2D eigenvalue weighted by atomic mass is 10.2. The van der Waals surface area contributed by atoms with Gasteiger partial charge in [0, 0.05) is 36.5 Å². The zero-order chi connectivity index (χ0) is 12.6. The average molecular weight is 265 g/mol. The molecule has 0 aromatic carbocycles. The third-order valence-corrected chi connectivity index (χ3v) is 4.65. The Morgan fingerprint density at radius 3 is 3.00 bits per heavy atom. The molecule has 1 aromatic heterocycles. The van der Waals surface area contributed by atoms with Crippen molar-refractivity contribution in [2.24, 2.45) is 0 Å². The Morgan fingerprint density at radius 1 is 1.44 bits per heavy atom. The molecule has 1 aliphatic heterocycles. The van der Waals surface area contributed by atoms with Crippen LogP contribution in [0.4, 0.5) is 0 Å². The van der Waals surface area contributed by atoms with E-state index >= 15 is 0 Å². The van der Waals surface area contributed by atoms with Crippen molar-refractivity contribution >= 4 is 11.8 Å². The second kappa shape index (κ2) is 7.77. The maximum absolute atomic E-state index is 4.15. The van der Waals surface area contributed by atoms with Gasteiger partial charge in [0.25, 0.3) is 0 Å². The van der Waals surface area contributed by atoms with E-state index in [9.17, 15) is 0 Å². The van der Waals surface area contributed by atoms with Gasteiger partial charge in [0.1, 0.15) is 0 Å². The van der Waals surface area contributed by atoms with Gasteiger partial charge in [-0.1, -0.05) is 6.07 Å². The van der Waals surface area contributed by atoms with Crippen molar-refractivity contribution in [1.29, 1.82) is 0 Å². The molecule has 0 radical (unpaired) electrons. The van der Waals surface area contributed by atoms with E-state index in [1.165, 1.54) is 37.2 Å². The Bertz CT molecular complexity index is 325. The van der Waals surface area contributed by atoms with Gasteiger partial charge in [-0.2, -0.15) is 11.8 Å². The highest BCUT2D eigenvalue weighted by Gasteiger charge is 2.13. The van der Waals surface area contributed by atoms with Crippen molar-refractivity contribution in [2.45, 2.75) is 24.6 Å². The summed E-state index contributed by atoms with van der Waals surface area (Å²) in [7, 11) is 2.19. The molecule has 0 spiro atoms. The van der Waals surface area contributed by atoms with Crippen LogP contribution in [0.25, 0.3) is 0 Å². The van der Waals surface area contributed by atoms with Gasteiger partial charge in [-0.25, -0.2) is 0 Å². The van der Waals surface area contributed by atoms with Crippen LogP contribution in [0.15, 0.2) is 24.5 Å². The predicted octanol–water partition coefficient (Wildman–Crippen LogP) is 2.00. The largest absolute Gasteiger partial charge is 0.317 e. The first kappa shape index (κ1) is 13.8. The van der Waals surface area contributed by atoms with Crippen molar-refractivity contribution in [3.05, 3.63) is 30.1 Å². The minimum absolute atomic E-state index is 0.873. The minimum atomic E-state index is 0.873. The van der Waals surface area contributed by atoms with Crippen molar-refractivity contribution in [1.82, 2.24) is 15.2 Å². The Balaban J connectivity index is 1.61. The van der Waals surface area contributed by atoms with E-state index in [0.717, 1.165) is 18.3 Å². The van der Waals surface area contributed by atoms with Gasteiger partial charge in [0.15, 0.2) is 0 Å². The summed E-state index contributed by atoms with van der Waals surface area (Å²) in [6.45, 7) is 4.55. The molecule has 1 aliphatic rings. The number of rotatable bonds is 6. The van der Waals surface area contributed by atoms with E-state index in [2.05, 4.69) is 40.1 Å². The van der Waals surface area contributed by atoms with E-state index < -0.39 is 0 Å². The van der Waals surface area contributed by atoms with Crippen LogP contribution in [-0.4, -0.2) is 47.6 Å². The van der Waals surface area contributed by atoms with Crippen LogP contribution in [0.3, 0.4) is 0 Å². The summed E-state index contributed by atoms with van der Waals surface area (Å²) in [6.07, 6.45) is 6.45. The van der Waals surface area contributed by atoms with Gasteiger partial charge in [-0.05, 0) is 44.6 Å². The molecule has 100 valence electrons. The number of hydrogen-bond donors (Lipinski definition) is 1. The third kappa shape index (κ3) is 4.96. The summed E-state index contributed by atoms with van der Waals surface area (Å²) in [5, 5.41) is 4.29. The molecule has 0 aliphatic carbocycles. The standard InChI is InChI=1S/C14H23N3S/c1-17(12-13-3-2-6-16-11-13)9-10-18-14-4-7-15-8-5-14/h2-3,6,11,14-15H,4-5,7-10,12H2,1H3.